The SMILES string of the molecule is O=C(C[C@H]1CSc2ccccc2NC1=O)NCCN1CCN(Cc2ccccc2)CC1. The first-order valence-electron chi connectivity index (χ1n) is 11.0. The van der Waals surface area contributed by atoms with Gasteiger partial charge in [-0.05, 0) is 17.7 Å². The smallest absolute Gasteiger partial charge is 0.228 e. The van der Waals surface area contributed by atoms with Gasteiger partial charge in [-0.2, -0.15) is 0 Å². The van der Waals surface area contributed by atoms with E-state index in [9.17, 15) is 9.59 Å². The number of amides is 2. The topological polar surface area (TPSA) is 64.7 Å². The highest BCUT2D eigenvalue weighted by atomic mass is 32.2. The Bertz CT molecular complexity index is 884. The van der Waals surface area contributed by atoms with Gasteiger partial charge in [0, 0.05) is 62.9 Å². The highest BCUT2D eigenvalue weighted by Gasteiger charge is 2.26. The number of para-hydroxylation sites is 1. The van der Waals surface area contributed by atoms with E-state index in [1.54, 1.807) is 11.8 Å². The third-order valence-corrected chi connectivity index (χ3v) is 7.09. The highest BCUT2D eigenvalue weighted by molar-refractivity contribution is 7.99. The van der Waals surface area contributed by atoms with Crippen molar-refractivity contribution in [1.29, 1.82) is 0 Å². The zero-order valence-corrected chi connectivity index (χ0v) is 18.6. The first-order valence-corrected chi connectivity index (χ1v) is 11.9. The Kier molecular flexibility index (Phi) is 7.61. The number of anilines is 1. The van der Waals surface area contributed by atoms with Gasteiger partial charge >= 0.3 is 0 Å². The number of carbonyl (C=O) groups excluding carboxylic acids is 2. The van der Waals surface area contributed by atoms with Crippen LogP contribution in [0.4, 0.5) is 5.69 Å². The fourth-order valence-corrected chi connectivity index (χ4v) is 5.11. The summed E-state index contributed by atoms with van der Waals surface area (Å²) in [6, 6.07) is 18.4. The van der Waals surface area contributed by atoms with E-state index in [1.165, 1.54) is 5.56 Å². The molecule has 0 aromatic heterocycles. The number of piperazine rings is 1. The maximum absolute atomic E-state index is 12.5. The second kappa shape index (κ2) is 10.8. The fraction of sp³-hybridized carbons (Fsp3) is 0.417. The highest BCUT2D eigenvalue weighted by Crippen LogP contribution is 2.33. The van der Waals surface area contributed by atoms with E-state index < -0.39 is 0 Å². The summed E-state index contributed by atoms with van der Waals surface area (Å²) in [5.74, 6) is 0.204. The minimum absolute atomic E-state index is 0.0468. The van der Waals surface area contributed by atoms with Crippen molar-refractivity contribution in [3.8, 4) is 0 Å². The minimum atomic E-state index is -0.307. The average molecular weight is 439 g/mol. The van der Waals surface area contributed by atoms with E-state index in [0.717, 1.165) is 49.9 Å². The van der Waals surface area contributed by atoms with E-state index in [0.29, 0.717) is 12.3 Å². The Morgan fingerprint density at radius 3 is 2.52 bits per heavy atom. The van der Waals surface area contributed by atoms with Gasteiger partial charge in [0.05, 0.1) is 11.6 Å². The number of fused-ring (bicyclic) bond motifs is 1. The molecule has 0 spiro atoms. The molecule has 2 aliphatic heterocycles. The van der Waals surface area contributed by atoms with Gasteiger partial charge in [-0.1, -0.05) is 42.5 Å². The first kappa shape index (κ1) is 21.9. The molecule has 0 bridgehead atoms. The summed E-state index contributed by atoms with van der Waals surface area (Å²) in [7, 11) is 0. The number of hydrogen-bond acceptors (Lipinski definition) is 5. The summed E-state index contributed by atoms with van der Waals surface area (Å²) < 4.78 is 0. The van der Waals surface area contributed by atoms with Gasteiger partial charge in [-0.3, -0.25) is 19.4 Å². The number of carbonyl (C=O) groups is 2. The Labute approximate surface area is 188 Å². The molecule has 4 rings (SSSR count). The summed E-state index contributed by atoms with van der Waals surface area (Å²) in [5.41, 5.74) is 2.19. The summed E-state index contributed by atoms with van der Waals surface area (Å²) >= 11 is 1.63. The molecule has 2 aromatic carbocycles. The molecule has 6 nitrogen and oxygen atoms in total. The molecule has 2 N–H and O–H groups in total. The first-order chi connectivity index (χ1) is 15.2. The third kappa shape index (κ3) is 6.32. The lowest BCUT2D eigenvalue weighted by molar-refractivity contribution is -0.126. The minimum Gasteiger partial charge on any atom is -0.355 e. The summed E-state index contributed by atoms with van der Waals surface area (Å²) in [5, 5.41) is 5.96. The van der Waals surface area contributed by atoms with Crippen LogP contribution >= 0.6 is 11.8 Å². The molecule has 1 saturated heterocycles. The van der Waals surface area contributed by atoms with E-state index in [2.05, 4.69) is 50.8 Å². The van der Waals surface area contributed by atoms with Crippen LogP contribution in [0.5, 0.6) is 0 Å². The van der Waals surface area contributed by atoms with E-state index >= 15 is 0 Å². The molecular formula is C24H30N4O2S. The van der Waals surface area contributed by atoms with Crippen molar-refractivity contribution in [1.82, 2.24) is 15.1 Å². The lowest BCUT2D eigenvalue weighted by atomic mass is 10.1. The molecular weight excluding hydrogens is 408 g/mol. The molecule has 2 heterocycles. The van der Waals surface area contributed by atoms with Gasteiger partial charge in [-0.25, -0.2) is 0 Å². The van der Waals surface area contributed by atoms with Crippen LogP contribution in [0.25, 0.3) is 0 Å². The Morgan fingerprint density at radius 2 is 1.71 bits per heavy atom. The second-order valence-electron chi connectivity index (χ2n) is 8.15. The van der Waals surface area contributed by atoms with Gasteiger partial charge in [0.25, 0.3) is 0 Å². The molecule has 164 valence electrons. The molecule has 0 unspecified atom stereocenters. The molecule has 0 saturated carbocycles. The third-order valence-electron chi connectivity index (χ3n) is 5.85. The summed E-state index contributed by atoms with van der Waals surface area (Å²) in [6.07, 6.45) is 0.234. The van der Waals surface area contributed by atoms with Crippen LogP contribution in [-0.2, 0) is 16.1 Å². The Hall–Kier alpha value is -2.35. The van der Waals surface area contributed by atoms with Crippen LogP contribution in [0.15, 0.2) is 59.5 Å². The molecule has 0 aliphatic carbocycles. The van der Waals surface area contributed by atoms with Gasteiger partial charge in [0.2, 0.25) is 11.8 Å². The maximum atomic E-state index is 12.5. The predicted molar refractivity (Wildman–Crippen MR) is 125 cm³/mol. The van der Waals surface area contributed by atoms with Crippen molar-refractivity contribution in [2.75, 3.05) is 50.3 Å². The van der Waals surface area contributed by atoms with E-state index in [1.807, 2.05) is 24.3 Å². The number of benzene rings is 2. The number of rotatable bonds is 7. The largest absolute Gasteiger partial charge is 0.355 e. The number of nitrogens with zero attached hydrogens (tertiary/aromatic N) is 2. The van der Waals surface area contributed by atoms with Crippen molar-refractivity contribution < 1.29 is 9.59 Å². The standard InChI is InChI=1S/C24H30N4O2S/c29-23(16-20-18-31-22-9-5-4-8-21(22)26-24(20)30)25-10-11-27-12-14-28(15-13-27)17-19-6-2-1-3-7-19/h1-9,20H,10-18H2,(H,25,29)(H,26,30)/t20-/m0/s1. The Morgan fingerprint density at radius 1 is 1.00 bits per heavy atom. The number of hydrogen-bond donors (Lipinski definition) is 2. The van der Waals surface area contributed by atoms with Crippen molar-refractivity contribution >= 4 is 29.3 Å². The van der Waals surface area contributed by atoms with Crippen LogP contribution in [0, 0.1) is 5.92 Å². The van der Waals surface area contributed by atoms with Crippen molar-refractivity contribution in [2.45, 2.75) is 17.9 Å². The van der Waals surface area contributed by atoms with Crippen LogP contribution < -0.4 is 10.6 Å². The van der Waals surface area contributed by atoms with Crippen molar-refractivity contribution in [2.24, 2.45) is 5.92 Å². The summed E-state index contributed by atoms with van der Waals surface area (Å²) in [6.45, 7) is 6.59. The van der Waals surface area contributed by atoms with Crippen molar-refractivity contribution in [3.05, 3.63) is 60.2 Å². The van der Waals surface area contributed by atoms with Crippen molar-refractivity contribution in [3.63, 3.8) is 0 Å². The predicted octanol–water partition coefficient (Wildman–Crippen LogP) is 2.67. The lowest BCUT2D eigenvalue weighted by Gasteiger charge is -2.34. The normalized spacial score (nSPS) is 19.9. The molecule has 2 aromatic rings. The molecule has 2 amide bonds. The van der Waals surface area contributed by atoms with Gasteiger partial charge in [-0.15, -0.1) is 11.8 Å². The van der Waals surface area contributed by atoms with Gasteiger partial charge in [0.15, 0.2) is 0 Å². The molecule has 2 aliphatic rings. The zero-order chi connectivity index (χ0) is 21.5. The monoisotopic (exact) mass is 438 g/mol. The molecule has 7 heteroatoms. The second-order valence-corrected chi connectivity index (χ2v) is 9.21. The van der Waals surface area contributed by atoms with Crippen LogP contribution in [0.3, 0.4) is 0 Å². The zero-order valence-electron chi connectivity index (χ0n) is 17.8. The van der Waals surface area contributed by atoms with Crippen LogP contribution in [0.1, 0.15) is 12.0 Å². The van der Waals surface area contributed by atoms with E-state index in [-0.39, 0.29) is 24.2 Å². The molecule has 31 heavy (non-hydrogen) atoms. The van der Waals surface area contributed by atoms with Gasteiger partial charge < -0.3 is 10.6 Å². The maximum Gasteiger partial charge on any atom is 0.228 e. The Balaban J connectivity index is 1.14. The number of thioether (sulfide) groups is 1. The van der Waals surface area contributed by atoms with Crippen LogP contribution in [0.2, 0.25) is 0 Å². The summed E-state index contributed by atoms with van der Waals surface area (Å²) in [4.78, 5) is 30.8. The van der Waals surface area contributed by atoms with Gasteiger partial charge in [0.1, 0.15) is 0 Å². The van der Waals surface area contributed by atoms with Crippen LogP contribution in [-0.4, -0.2) is 66.6 Å². The van der Waals surface area contributed by atoms with E-state index in [4.69, 9.17) is 0 Å². The average Bonchev–Trinajstić information content (AvgIpc) is 2.94. The molecule has 1 atom stereocenters. The molecule has 0 radical (unpaired) electrons. The fourth-order valence-electron chi connectivity index (χ4n) is 4.01. The molecule has 1 fully saturated rings. The lowest BCUT2D eigenvalue weighted by Crippen LogP contribution is -2.48. The number of nitrogens with one attached hydrogen (secondary N) is 2. The quantitative estimate of drug-likeness (QED) is 0.696.